The molecule has 2 aliphatic carbocycles. The van der Waals surface area contributed by atoms with Crippen molar-refractivity contribution in [2.24, 2.45) is 5.41 Å². The van der Waals surface area contributed by atoms with Crippen LogP contribution in [-0.4, -0.2) is 18.7 Å². The molecular formula is C19H29NO. The maximum absolute atomic E-state index is 6.33. The molecule has 0 radical (unpaired) electrons. The largest absolute Gasteiger partial charge is 0.373 e. The third kappa shape index (κ3) is 3.17. The first kappa shape index (κ1) is 15.1. The maximum Gasteiger partial charge on any atom is 0.0720 e. The molecule has 3 rings (SSSR count). The maximum atomic E-state index is 6.33. The Morgan fingerprint density at radius 3 is 2.62 bits per heavy atom. The van der Waals surface area contributed by atoms with Crippen LogP contribution in [0.2, 0.25) is 0 Å². The lowest BCUT2D eigenvalue weighted by Crippen LogP contribution is -2.64. The molecule has 2 aliphatic rings. The number of nitrogens with one attached hydrogen (secondary N) is 1. The minimum absolute atomic E-state index is 0.433. The zero-order valence-electron chi connectivity index (χ0n) is 13.3. The van der Waals surface area contributed by atoms with Gasteiger partial charge in [0, 0.05) is 11.5 Å². The summed E-state index contributed by atoms with van der Waals surface area (Å²) in [4.78, 5) is 0. The fraction of sp³-hybridized carbons (Fsp3) is 0.684. The summed E-state index contributed by atoms with van der Waals surface area (Å²) in [6.07, 6.45) is 9.78. The van der Waals surface area contributed by atoms with Crippen molar-refractivity contribution in [1.29, 1.82) is 0 Å². The Bertz CT molecular complexity index is 424. The van der Waals surface area contributed by atoms with Crippen LogP contribution in [0.25, 0.3) is 0 Å². The highest BCUT2D eigenvalue weighted by Crippen LogP contribution is 2.53. The zero-order valence-corrected chi connectivity index (χ0v) is 13.3. The second kappa shape index (κ2) is 6.93. The van der Waals surface area contributed by atoms with E-state index in [0.29, 0.717) is 17.6 Å². The highest BCUT2D eigenvalue weighted by molar-refractivity contribution is 5.14. The SMILES string of the molecule is CCCNC1CC(OCc2ccccc2)C12CCCCC2. The molecule has 0 aliphatic heterocycles. The van der Waals surface area contributed by atoms with Gasteiger partial charge in [0.05, 0.1) is 12.7 Å². The van der Waals surface area contributed by atoms with E-state index in [1.807, 2.05) is 0 Å². The van der Waals surface area contributed by atoms with E-state index in [1.165, 1.54) is 50.5 Å². The second-order valence-corrected chi connectivity index (χ2v) is 6.82. The van der Waals surface area contributed by atoms with Crippen LogP contribution in [0.4, 0.5) is 0 Å². The van der Waals surface area contributed by atoms with Crippen molar-refractivity contribution in [3.63, 3.8) is 0 Å². The van der Waals surface area contributed by atoms with Gasteiger partial charge in [-0.3, -0.25) is 0 Å². The molecule has 2 saturated carbocycles. The zero-order chi connectivity index (χ0) is 14.5. The molecule has 0 amide bonds. The van der Waals surface area contributed by atoms with E-state index in [1.54, 1.807) is 0 Å². The smallest absolute Gasteiger partial charge is 0.0720 e. The Balaban J connectivity index is 1.59. The summed E-state index contributed by atoms with van der Waals surface area (Å²) in [6, 6.07) is 11.3. The first-order valence-corrected chi connectivity index (χ1v) is 8.74. The van der Waals surface area contributed by atoms with Crippen LogP contribution in [-0.2, 0) is 11.3 Å². The molecule has 0 bridgehead atoms. The van der Waals surface area contributed by atoms with Gasteiger partial charge in [-0.05, 0) is 37.8 Å². The summed E-state index contributed by atoms with van der Waals surface area (Å²) in [5.74, 6) is 0. The fourth-order valence-electron chi connectivity index (χ4n) is 4.24. The molecular weight excluding hydrogens is 258 g/mol. The van der Waals surface area contributed by atoms with Crippen molar-refractivity contribution < 1.29 is 4.74 Å². The summed E-state index contributed by atoms with van der Waals surface area (Å²) in [7, 11) is 0. The number of ether oxygens (including phenoxy) is 1. The van der Waals surface area contributed by atoms with Gasteiger partial charge in [0.25, 0.3) is 0 Å². The van der Waals surface area contributed by atoms with Gasteiger partial charge in [-0.2, -0.15) is 0 Å². The molecule has 1 spiro atoms. The summed E-state index contributed by atoms with van der Waals surface area (Å²) < 4.78 is 6.33. The molecule has 2 heteroatoms. The van der Waals surface area contributed by atoms with E-state index >= 15 is 0 Å². The average molecular weight is 287 g/mol. The van der Waals surface area contributed by atoms with Crippen LogP contribution in [0, 0.1) is 5.41 Å². The van der Waals surface area contributed by atoms with Crippen LogP contribution in [0.5, 0.6) is 0 Å². The Morgan fingerprint density at radius 1 is 1.14 bits per heavy atom. The number of rotatable bonds is 6. The predicted octanol–water partition coefficient (Wildman–Crippen LogP) is 4.29. The molecule has 2 nitrogen and oxygen atoms in total. The monoisotopic (exact) mass is 287 g/mol. The van der Waals surface area contributed by atoms with Gasteiger partial charge in [0.15, 0.2) is 0 Å². The van der Waals surface area contributed by atoms with Gasteiger partial charge < -0.3 is 10.1 Å². The molecule has 1 N–H and O–H groups in total. The quantitative estimate of drug-likeness (QED) is 0.842. The summed E-state index contributed by atoms with van der Waals surface area (Å²) in [6.45, 7) is 4.17. The number of hydrogen-bond donors (Lipinski definition) is 1. The van der Waals surface area contributed by atoms with Gasteiger partial charge in [-0.1, -0.05) is 56.5 Å². The lowest BCUT2D eigenvalue weighted by atomic mass is 9.55. The average Bonchev–Trinajstić information content (AvgIpc) is 2.55. The van der Waals surface area contributed by atoms with E-state index in [4.69, 9.17) is 4.74 Å². The van der Waals surface area contributed by atoms with E-state index < -0.39 is 0 Å². The molecule has 21 heavy (non-hydrogen) atoms. The molecule has 1 aromatic rings. The predicted molar refractivity (Wildman–Crippen MR) is 87.2 cm³/mol. The van der Waals surface area contributed by atoms with Gasteiger partial charge in [-0.15, -0.1) is 0 Å². The van der Waals surface area contributed by atoms with Gasteiger partial charge in [-0.25, -0.2) is 0 Å². The number of hydrogen-bond acceptors (Lipinski definition) is 2. The Hall–Kier alpha value is -0.860. The third-order valence-electron chi connectivity index (χ3n) is 5.50. The van der Waals surface area contributed by atoms with E-state index in [0.717, 1.165) is 13.2 Å². The molecule has 2 unspecified atom stereocenters. The van der Waals surface area contributed by atoms with Crippen molar-refractivity contribution in [3.05, 3.63) is 35.9 Å². The normalized spacial score (nSPS) is 27.5. The van der Waals surface area contributed by atoms with Crippen LogP contribution in [0.15, 0.2) is 30.3 Å². The molecule has 0 saturated heterocycles. The Labute approximate surface area is 129 Å². The highest BCUT2D eigenvalue weighted by Gasteiger charge is 2.55. The fourth-order valence-corrected chi connectivity index (χ4v) is 4.24. The van der Waals surface area contributed by atoms with Crippen LogP contribution >= 0.6 is 0 Å². The molecule has 2 fully saturated rings. The van der Waals surface area contributed by atoms with Crippen molar-refractivity contribution in [2.45, 2.75) is 70.6 Å². The highest BCUT2D eigenvalue weighted by atomic mass is 16.5. The van der Waals surface area contributed by atoms with Crippen LogP contribution in [0.3, 0.4) is 0 Å². The first-order valence-electron chi connectivity index (χ1n) is 8.74. The van der Waals surface area contributed by atoms with Crippen molar-refractivity contribution in [3.8, 4) is 0 Å². The van der Waals surface area contributed by atoms with E-state index in [-0.39, 0.29) is 0 Å². The van der Waals surface area contributed by atoms with E-state index in [9.17, 15) is 0 Å². The van der Waals surface area contributed by atoms with Gasteiger partial charge >= 0.3 is 0 Å². The first-order chi connectivity index (χ1) is 10.3. The molecule has 0 aromatic heterocycles. The van der Waals surface area contributed by atoms with E-state index in [2.05, 4.69) is 42.6 Å². The summed E-state index contributed by atoms with van der Waals surface area (Å²) >= 11 is 0. The summed E-state index contributed by atoms with van der Waals surface area (Å²) in [5, 5.41) is 3.78. The standard InChI is InChI=1S/C19H29NO/c1-2-13-20-17-14-18(19(17)11-7-4-8-12-19)21-15-16-9-5-3-6-10-16/h3,5-6,9-10,17-18,20H,2,4,7-8,11-15H2,1H3. The van der Waals surface area contributed by atoms with Crippen LogP contribution < -0.4 is 5.32 Å². The minimum Gasteiger partial charge on any atom is -0.373 e. The minimum atomic E-state index is 0.433. The van der Waals surface area contributed by atoms with Gasteiger partial charge in [0.1, 0.15) is 0 Å². The molecule has 1 aromatic carbocycles. The third-order valence-corrected chi connectivity index (χ3v) is 5.50. The van der Waals surface area contributed by atoms with Crippen molar-refractivity contribution in [1.82, 2.24) is 5.32 Å². The molecule has 2 atom stereocenters. The topological polar surface area (TPSA) is 21.3 Å². The second-order valence-electron chi connectivity index (χ2n) is 6.82. The molecule has 116 valence electrons. The lowest BCUT2D eigenvalue weighted by Gasteiger charge is -2.58. The van der Waals surface area contributed by atoms with Crippen molar-refractivity contribution >= 4 is 0 Å². The lowest BCUT2D eigenvalue weighted by molar-refractivity contribution is -0.158. The summed E-state index contributed by atoms with van der Waals surface area (Å²) in [5.41, 5.74) is 1.73. The van der Waals surface area contributed by atoms with Crippen molar-refractivity contribution in [2.75, 3.05) is 6.54 Å². The Kier molecular flexibility index (Phi) is 4.97. The van der Waals surface area contributed by atoms with Crippen LogP contribution in [0.1, 0.15) is 57.4 Å². The number of benzene rings is 1. The van der Waals surface area contributed by atoms with Gasteiger partial charge in [0.2, 0.25) is 0 Å². The molecule has 0 heterocycles. The Morgan fingerprint density at radius 2 is 1.90 bits per heavy atom.